The zero-order valence-corrected chi connectivity index (χ0v) is 18.1. The van der Waals surface area contributed by atoms with Crippen LogP contribution in [-0.2, 0) is 11.3 Å². The highest BCUT2D eigenvalue weighted by atomic mass is 19.1. The molecule has 1 amide bonds. The van der Waals surface area contributed by atoms with E-state index in [1.165, 1.54) is 29.2 Å². The number of halogens is 1. The van der Waals surface area contributed by atoms with E-state index in [1.807, 2.05) is 0 Å². The number of H-pyrrole nitrogens is 1. The van der Waals surface area contributed by atoms with Gasteiger partial charge in [0, 0.05) is 23.0 Å². The number of aromatic nitrogens is 2. The predicted molar refractivity (Wildman–Crippen MR) is 116 cm³/mol. The molecule has 0 aliphatic carbocycles. The lowest BCUT2D eigenvalue weighted by Crippen LogP contribution is -2.36. The van der Waals surface area contributed by atoms with Crippen molar-refractivity contribution >= 4 is 17.7 Å². The van der Waals surface area contributed by atoms with Crippen LogP contribution in [0, 0.1) is 19.7 Å². The molecule has 3 aromatic rings. The van der Waals surface area contributed by atoms with E-state index in [2.05, 4.69) is 9.97 Å². The molecule has 0 saturated carbocycles. The summed E-state index contributed by atoms with van der Waals surface area (Å²) in [4.78, 5) is 47.0. The molecule has 0 spiro atoms. The van der Waals surface area contributed by atoms with Crippen molar-refractivity contribution in [3.8, 4) is 0 Å². The van der Waals surface area contributed by atoms with Crippen molar-refractivity contribution in [1.29, 1.82) is 0 Å². The molecule has 0 aliphatic rings. The van der Waals surface area contributed by atoms with Gasteiger partial charge in [-0.15, -0.1) is 0 Å². The molecule has 0 saturated heterocycles. The highest BCUT2D eigenvalue weighted by Gasteiger charge is 2.26. The molecule has 166 valence electrons. The van der Waals surface area contributed by atoms with E-state index in [-0.39, 0.29) is 36.7 Å². The van der Waals surface area contributed by atoms with Gasteiger partial charge in [0.05, 0.1) is 25.4 Å². The van der Waals surface area contributed by atoms with Crippen LogP contribution in [0.2, 0.25) is 0 Å². The number of esters is 1. The monoisotopic (exact) mass is 437 g/mol. The Hall–Kier alpha value is -3.81. The number of ether oxygens (including phenoxy) is 1. The number of amides is 1. The summed E-state index contributed by atoms with van der Waals surface area (Å²) < 4.78 is 18.3. The summed E-state index contributed by atoms with van der Waals surface area (Å²) in [6.07, 6.45) is 1.60. The molecule has 0 fully saturated rings. The zero-order valence-electron chi connectivity index (χ0n) is 18.1. The van der Waals surface area contributed by atoms with Crippen molar-refractivity contribution in [2.24, 2.45) is 0 Å². The fraction of sp³-hybridized carbons (Fsp3) is 0.250. The van der Waals surface area contributed by atoms with Crippen molar-refractivity contribution in [3.63, 3.8) is 0 Å². The number of carbonyl (C=O) groups excluding carboxylic acids is 3. The van der Waals surface area contributed by atoms with Crippen molar-refractivity contribution in [1.82, 2.24) is 14.9 Å². The summed E-state index contributed by atoms with van der Waals surface area (Å²) in [6.45, 7) is 5.11. The Kier molecular flexibility index (Phi) is 7.14. The first kappa shape index (κ1) is 22.9. The molecule has 7 nitrogen and oxygen atoms in total. The van der Waals surface area contributed by atoms with Crippen LogP contribution in [0.5, 0.6) is 0 Å². The van der Waals surface area contributed by atoms with Crippen LogP contribution in [0.25, 0.3) is 0 Å². The first-order chi connectivity index (χ1) is 15.3. The number of hydrogen-bond acceptors (Lipinski definition) is 5. The molecule has 0 aliphatic heterocycles. The molecular weight excluding hydrogens is 413 g/mol. The number of rotatable bonds is 8. The van der Waals surface area contributed by atoms with Crippen LogP contribution in [-0.4, -0.2) is 45.7 Å². The second-order valence-corrected chi connectivity index (χ2v) is 7.26. The molecule has 0 bridgehead atoms. The number of aryl methyl sites for hydroxylation is 1. The van der Waals surface area contributed by atoms with Crippen LogP contribution >= 0.6 is 0 Å². The largest absolute Gasteiger partial charge is 0.461 e. The van der Waals surface area contributed by atoms with Crippen LogP contribution < -0.4 is 0 Å². The first-order valence-electron chi connectivity index (χ1n) is 10.2. The molecule has 0 radical (unpaired) electrons. The highest BCUT2D eigenvalue weighted by molar-refractivity contribution is 6.05. The molecule has 2 heterocycles. The summed E-state index contributed by atoms with van der Waals surface area (Å²) in [6, 6.07) is 10.4. The molecule has 2 aromatic heterocycles. The summed E-state index contributed by atoms with van der Waals surface area (Å²) in [5, 5.41) is 0. The molecule has 32 heavy (non-hydrogen) atoms. The fourth-order valence-corrected chi connectivity index (χ4v) is 3.49. The predicted octanol–water partition coefficient (Wildman–Crippen LogP) is 3.87. The molecule has 0 atom stereocenters. The second kappa shape index (κ2) is 10.00. The standard InChI is InChI=1S/C24H24FN3O4/c1-4-32-24(31)22-15(2)21(16(3)27-22)20(29)14-28(13-19-7-5-6-12-26-19)23(30)17-8-10-18(25)11-9-17/h5-12,27H,4,13-14H2,1-3H3. The number of carbonyl (C=O) groups is 3. The maximum absolute atomic E-state index is 13.3. The maximum atomic E-state index is 13.3. The smallest absolute Gasteiger partial charge is 0.355 e. The van der Waals surface area contributed by atoms with Crippen molar-refractivity contribution < 1.29 is 23.5 Å². The van der Waals surface area contributed by atoms with Crippen LogP contribution in [0.3, 0.4) is 0 Å². The number of ketones is 1. The summed E-state index contributed by atoms with van der Waals surface area (Å²) in [5.74, 6) is -1.77. The van der Waals surface area contributed by atoms with Gasteiger partial charge in [-0.25, -0.2) is 9.18 Å². The molecule has 1 N–H and O–H groups in total. The fourth-order valence-electron chi connectivity index (χ4n) is 3.49. The molecule has 3 rings (SSSR count). The summed E-state index contributed by atoms with van der Waals surface area (Å²) in [5.41, 5.74) is 2.40. The van der Waals surface area contributed by atoms with Crippen molar-refractivity contribution in [3.05, 3.63) is 88.3 Å². The lowest BCUT2D eigenvalue weighted by atomic mass is 10.0. The Morgan fingerprint density at radius 2 is 1.81 bits per heavy atom. The third-order valence-electron chi connectivity index (χ3n) is 4.99. The second-order valence-electron chi connectivity index (χ2n) is 7.26. The number of aromatic amines is 1. The van der Waals surface area contributed by atoms with E-state index in [0.29, 0.717) is 22.5 Å². The Bertz CT molecular complexity index is 1120. The van der Waals surface area contributed by atoms with E-state index >= 15 is 0 Å². The quantitative estimate of drug-likeness (QED) is 0.427. The number of Topliss-reactive ketones (excluding diaryl/α,β-unsaturated/α-hetero) is 1. The Labute approximate surface area is 185 Å². The summed E-state index contributed by atoms with van der Waals surface area (Å²) >= 11 is 0. The van der Waals surface area contributed by atoms with Gasteiger partial charge < -0.3 is 14.6 Å². The molecule has 0 unspecified atom stereocenters. The van der Waals surface area contributed by atoms with E-state index < -0.39 is 17.7 Å². The first-order valence-corrected chi connectivity index (χ1v) is 10.2. The van der Waals surface area contributed by atoms with Crippen LogP contribution in [0.1, 0.15) is 55.1 Å². The van der Waals surface area contributed by atoms with Crippen LogP contribution in [0.15, 0.2) is 48.7 Å². The minimum Gasteiger partial charge on any atom is -0.461 e. The van der Waals surface area contributed by atoms with Gasteiger partial charge in [0.15, 0.2) is 5.78 Å². The Morgan fingerprint density at radius 3 is 2.44 bits per heavy atom. The highest BCUT2D eigenvalue weighted by Crippen LogP contribution is 2.21. The third-order valence-corrected chi connectivity index (χ3v) is 4.99. The van der Waals surface area contributed by atoms with Crippen molar-refractivity contribution in [2.75, 3.05) is 13.2 Å². The van der Waals surface area contributed by atoms with Gasteiger partial charge in [0.25, 0.3) is 5.91 Å². The van der Waals surface area contributed by atoms with Gasteiger partial charge in [-0.05, 0) is 62.7 Å². The average molecular weight is 437 g/mol. The van der Waals surface area contributed by atoms with Gasteiger partial charge in [0.1, 0.15) is 11.5 Å². The van der Waals surface area contributed by atoms with E-state index in [0.717, 1.165) is 0 Å². The van der Waals surface area contributed by atoms with Gasteiger partial charge in [-0.3, -0.25) is 14.6 Å². The molecular formula is C24H24FN3O4. The lowest BCUT2D eigenvalue weighted by Gasteiger charge is -2.22. The van der Waals surface area contributed by atoms with E-state index in [1.54, 1.807) is 45.2 Å². The maximum Gasteiger partial charge on any atom is 0.355 e. The minimum absolute atomic E-state index is 0.0933. The van der Waals surface area contributed by atoms with E-state index in [4.69, 9.17) is 4.74 Å². The van der Waals surface area contributed by atoms with Gasteiger partial charge in [0.2, 0.25) is 0 Å². The lowest BCUT2D eigenvalue weighted by molar-refractivity contribution is 0.0519. The van der Waals surface area contributed by atoms with E-state index in [9.17, 15) is 18.8 Å². The zero-order chi connectivity index (χ0) is 23.3. The summed E-state index contributed by atoms with van der Waals surface area (Å²) in [7, 11) is 0. The topological polar surface area (TPSA) is 92.4 Å². The number of nitrogens with one attached hydrogen (secondary N) is 1. The average Bonchev–Trinajstić information content (AvgIpc) is 3.08. The number of hydrogen-bond donors (Lipinski definition) is 1. The number of nitrogens with zero attached hydrogens (tertiary/aromatic N) is 2. The third kappa shape index (κ3) is 5.08. The molecule has 8 heteroatoms. The van der Waals surface area contributed by atoms with Crippen molar-refractivity contribution in [2.45, 2.75) is 27.3 Å². The number of pyridine rings is 1. The van der Waals surface area contributed by atoms with Gasteiger partial charge >= 0.3 is 5.97 Å². The Morgan fingerprint density at radius 1 is 1.09 bits per heavy atom. The van der Waals surface area contributed by atoms with Gasteiger partial charge in [-0.1, -0.05) is 6.07 Å². The normalized spacial score (nSPS) is 10.6. The minimum atomic E-state index is -0.542. The molecule has 1 aromatic carbocycles. The SMILES string of the molecule is CCOC(=O)c1[nH]c(C)c(C(=O)CN(Cc2ccccn2)C(=O)c2ccc(F)cc2)c1C. The van der Waals surface area contributed by atoms with Crippen LogP contribution in [0.4, 0.5) is 4.39 Å². The Balaban J connectivity index is 1.90. The van der Waals surface area contributed by atoms with Gasteiger partial charge in [-0.2, -0.15) is 0 Å². The number of benzene rings is 1.